The highest BCUT2D eigenvalue weighted by Crippen LogP contribution is 2.15. The molecule has 2 rings (SSSR count). The predicted molar refractivity (Wildman–Crippen MR) is 83.8 cm³/mol. The van der Waals surface area contributed by atoms with Crippen LogP contribution in [-0.4, -0.2) is 34.0 Å². The van der Waals surface area contributed by atoms with Crippen LogP contribution in [0.4, 0.5) is 10.5 Å². The van der Waals surface area contributed by atoms with E-state index in [2.05, 4.69) is 25.9 Å². The third kappa shape index (κ3) is 3.87. The second-order valence-corrected chi connectivity index (χ2v) is 5.32. The fraction of sp³-hybridized carbons (Fsp3) is 0.357. The molecule has 0 aliphatic heterocycles. The highest BCUT2D eigenvalue weighted by molar-refractivity contribution is 5.98. The summed E-state index contributed by atoms with van der Waals surface area (Å²) in [6.07, 6.45) is 0. The first-order chi connectivity index (χ1) is 10.3. The summed E-state index contributed by atoms with van der Waals surface area (Å²) in [7, 11) is 0. The number of carbonyl (C=O) groups is 2. The first kappa shape index (κ1) is 15.6. The maximum atomic E-state index is 11.9. The van der Waals surface area contributed by atoms with E-state index in [0.29, 0.717) is 16.7 Å². The van der Waals surface area contributed by atoms with Gasteiger partial charge in [-0.15, -0.1) is 0 Å². The van der Waals surface area contributed by atoms with E-state index in [0.717, 1.165) is 0 Å². The molecule has 1 heterocycles. The fourth-order valence-electron chi connectivity index (χ4n) is 1.96. The summed E-state index contributed by atoms with van der Waals surface area (Å²) in [4.78, 5) is 39.9. The van der Waals surface area contributed by atoms with Crippen molar-refractivity contribution >= 4 is 28.7 Å². The van der Waals surface area contributed by atoms with Crippen LogP contribution in [0.15, 0.2) is 23.0 Å². The molecule has 0 fully saturated rings. The number of hydrogen-bond acceptors (Lipinski definition) is 4. The third-order valence-corrected chi connectivity index (χ3v) is 2.95. The predicted octanol–water partition coefficient (Wildman–Crippen LogP) is 0.891. The number of urea groups is 1. The molecule has 0 aliphatic carbocycles. The standard InChI is InChI=1S/C14H19N5O3/c1-7(2)15-13(21)19-12(20)8(3)16-9-4-5-10-11(6-9)18-14(22)17-10/h4-8,16H,1-3H3,(H2,17,18,22)(H2,15,19,20,21). The lowest BCUT2D eigenvalue weighted by Gasteiger charge is -2.15. The third-order valence-electron chi connectivity index (χ3n) is 2.95. The number of H-pyrrole nitrogens is 2. The maximum absolute atomic E-state index is 11.9. The van der Waals surface area contributed by atoms with Gasteiger partial charge in [-0.25, -0.2) is 9.59 Å². The van der Waals surface area contributed by atoms with Crippen molar-refractivity contribution in [2.75, 3.05) is 5.32 Å². The molecule has 22 heavy (non-hydrogen) atoms. The smallest absolute Gasteiger partial charge is 0.323 e. The van der Waals surface area contributed by atoms with E-state index >= 15 is 0 Å². The molecule has 0 saturated heterocycles. The van der Waals surface area contributed by atoms with Crippen LogP contribution >= 0.6 is 0 Å². The molecule has 2 aromatic rings. The van der Waals surface area contributed by atoms with Crippen LogP contribution in [0.25, 0.3) is 11.0 Å². The fourth-order valence-corrected chi connectivity index (χ4v) is 1.96. The minimum absolute atomic E-state index is 0.0520. The van der Waals surface area contributed by atoms with E-state index in [4.69, 9.17) is 0 Å². The van der Waals surface area contributed by atoms with Crippen LogP contribution in [0.1, 0.15) is 20.8 Å². The van der Waals surface area contributed by atoms with Crippen LogP contribution in [0.3, 0.4) is 0 Å². The Balaban J connectivity index is 2.00. The van der Waals surface area contributed by atoms with Gasteiger partial charge in [-0.3, -0.25) is 10.1 Å². The number of carbonyl (C=O) groups excluding carboxylic acids is 2. The first-order valence-corrected chi connectivity index (χ1v) is 6.95. The quantitative estimate of drug-likeness (QED) is 0.576. The molecule has 0 bridgehead atoms. The highest BCUT2D eigenvalue weighted by Gasteiger charge is 2.16. The zero-order chi connectivity index (χ0) is 16.3. The Morgan fingerprint density at radius 1 is 1.09 bits per heavy atom. The molecule has 5 N–H and O–H groups in total. The van der Waals surface area contributed by atoms with Crippen molar-refractivity contribution in [1.29, 1.82) is 0 Å². The summed E-state index contributed by atoms with van der Waals surface area (Å²) >= 11 is 0. The molecule has 8 nitrogen and oxygen atoms in total. The van der Waals surface area contributed by atoms with E-state index in [1.54, 1.807) is 39.0 Å². The van der Waals surface area contributed by atoms with E-state index in [1.807, 2.05) is 0 Å². The first-order valence-electron chi connectivity index (χ1n) is 6.95. The van der Waals surface area contributed by atoms with Crippen LogP contribution in [0, 0.1) is 0 Å². The Morgan fingerprint density at radius 2 is 1.77 bits per heavy atom. The molecule has 1 atom stereocenters. The number of imidazole rings is 1. The van der Waals surface area contributed by atoms with Crippen LogP contribution < -0.4 is 21.6 Å². The van der Waals surface area contributed by atoms with Gasteiger partial charge in [0.05, 0.1) is 11.0 Å². The number of hydrogen-bond donors (Lipinski definition) is 5. The number of rotatable bonds is 4. The molecule has 0 aliphatic rings. The largest absolute Gasteiger partial charge is 0.374 e. The van der Waals surface area contributed by atoms with Crippen molar-refractivity contribution in [3.63, 3.8) is 0 Å². The summed E-state index contributed by atoms with van der Waals surface area (Å²) in [6.45, 7) is 5.25. The number of amides is 3. The van der Waals surface area contributed by atoms with Crippen molar-refractivity contribution in [3.05, 3.63) is 28.7 Å². The summed E-state index contributed by atoms with van der Waals surface area (Å²) in [5.74, 6) is -0.444. The SMILES string of the molecule is CC(C)NC(=O)NC(=O)C(C)Nc1ccc2[nH]c(=O)[nH]c2c1. The second-order valence-electron chi connectivity index (χ2n) is 5.32. The van der Waals surface area contributed by atoms with Gasteiger partial charge in [-0.1, -0.05) is 0 Å². The molecule has 0 spiro atoms. The van der Waals surface area contributed by atoms with Crippen LogP contribution in [0.2, 0.25) is 0 Å². The van der Waals surface area contributed by atoms with Gasteiger partial charge < -0.3 is 20.6 Å². The van der Waals surface area contributed by atoms with Crippen molar-refractivity contribution in [2.45, 2.75) is 32.9 Å². The lowest BCUT2D eigenvalue weighted by atomic mass is 10.2. The van der Waals surface area contributed by atoms with Gasteiger partial charge in [-0.2, -0.15) is 0 Å². The molecule has 118 valence electrons. The summed E-state index contributed by atoms with van der Waals surface area (Å²) in [6, 6.07) is 3.99. The Kier molecular flexibility index (Phi) is 4.50. The topological polar surface area (TPSA) is 119 Å². The van der Waals surface area contributed by atoms with Gasteiger partial charge in [0.15, 0.2) is 0 Å². The molecule has 8 heteroatoms. The van der Waals surface area contributed by atoms with Gasteiger partial charge in [-0.05, 0) is 39.0 Å². The molecule has 1 aromatic heterocycles. The van der Waals surface area contributed by atoms with Gasteiger partial charge in [0.1, 0.15) is 6.04 Å². The molecule has 3 amide bonds. The second kappa shape index (κ2) is 6.33. The molecule has 1 unspecified atom stereocenters. The maximum Gasteiger partial charge on any atom is 0.323 e. The number of nitrogens with one attached hydrogen (secondary N) is 5. The van der Waals surface area contributed by atoms with Crippen molar-refractivity contribution < 1.29 is 9.59 Å². The minimum atomic E-state index is -0.610. The summed E-state index contributed by atoms with van der Waals surface area (Å²) in [5, 5.41) is 7.81. The van der Waals surface area contributed by atoms with Crippen LogP contribution in [-0.2, 0) is 4.79 Å². The lowest BCUT2D eigenvalue weighted by Crippen LogP contribution is -2.47. The average molecular weight is 305 g/mol. The highest BCUT2D eigenvalue weighted by atomic mass is 16.2. The molecular weight excluding hydrogens is 286 g/mol. The van der Waals surface area contributed by atoms with Crippen molar-refractivity contribution in [3.8, 4) is 0 Å². The van der Waals surface area contributed by atoms with Crippen molar-refractivity contribution in [1.82, 2.24) is 20.6 Å². The van der Waals surface area contributed by atoms with E-state index < -0.39 is 18.0 Å². The van der Waals surface area contributed by atoms with Gasteiger partial charge in [0.25, 0.3) is 0 Å². The molecular formula is C14H19N5O3. The Morgan fingerprint density at radius 3 is 2.45 bits per heavy atom. The summed E-state index contributed by atoms with van der Waals surface area (Å²) < 4.78 is 0. The Labute approximate surface area is 126 Å². The van der Waals surface area contributed by atoms with E-state index in [1.165, 1.54) is 0 Å². The van der Waals surface area contributed by atoms with Gasteiger partial charge >= 0.3 is 11.7 Å². The number of aromatic amines is 2. The molecule has 1 aromatic carbocycles. The minimum Gasteiger partial charge on any atom is -0.374 e. The normalized spacial score (nSPS) is 12.2. The zero-order valence-electron chi connectivity index (χ0n) is 12.6. The number of aromatic nitrogens is 2. The van der Waals surface area contributed by atoms with E-state index in [9.17, 15) is 14.4 Å². The number of anilines is 1. The number of imide groups is 1. The zero-order valence-corrected chi connectivity index (χ0v) is 12.6. The van der Waals surface area contributed by atoms with E-state index in [-0.39, 0.29) is 11.7 Å². The average Bonchev–Trinajstić information content (AvgIpc) is 2.76. The van der Waals surface area contributed by atoms with Crippen molar-refractivity contribution in [2.24, 2.45) is 0 Å². The lowest BCUT2D eigenvalue weighted by molar-refractivity contribution is -0.120. The van der Waals surface area contributed by atoms with Crippen LogP contribution in [0.5, 0.6) is 0 Å². The molecule has 0 radical (unpaired) electrons. The number of fused-ring (bicyclic) bond motifs is 1. The monoisotopic (exact) mass is 305 g/mol. The number of benzene rings is 1. The Hall–Kier alpha value is -2.77. The van der Waals surface area contributed by atoms with Gasteiger partial charge in [0, 0.05) is 11.7 Å². The molecule has 0 saturated carbocycles. The van der Waals surface area contributed by atoms with Gasteiger partial charge in [0.2, 0.25) is 5.91 Å². The summed E-state index contributed by atoms with van der Waals surface area (Å²) in [5.41, 5.74) is 1.70. The Bertz CT molecular complexity index is 746.